The standard InChI is InChI=1S/C18H22N4O3S/c1-5-13-7-9-14(10-8-13)16(23)21-20-11(3)15-12(4)22-26-17(15)19-18(24)25-6-2/h7-10H,5-6H2,1-4H3,(H,19,24)(H,21,23)/b20-11+. The maximum absolute atomic E-state index is 12.2. The van der Waals surface area contributed by atoms with Crippen LogP contribution in [-0.4, -0.2) is 28.7 Å². The molecule has 1 aromatic carbocycles. The number of ether oxygens (including phenoxy) is 1. The van der Waals surface area contributed by atoms with Crippen LogP contribution in [0.4, 0.5) is 9.80 Å². The fourth-order valence-corrected chi connectivity index (χ4v) is 3.12. The van der Waals surface area contributed by atoms with Crippen LogP contribution in [0.5, 0.6) is 0 Å². The first-order chi connectivity index (χ1) is 12.5. The lowest BCUT2D eigenvalue weighted by Gasteiger charge is -2.07. The molecule has 7 nitrogen and oxygen atoms in total. The lowest BCUT2D eigenvalue weighted by molar-refractivity contribution is 0.0954. The van der Waals surface area contributed by atoms with Crippen molar-refractivity contribution in [3.63, 3.8) is 0 Å². The topological polar surface area (TPSA) is 92.7 Å². The maximum atomic E-state index is 12.2. The Morgan fingerprint density at radius 2 is 1.92 bits per heavy atom. The minimum Gasteiger partial charge on any atom is -0.450 e. The zero-order valence-electron chi connectivity index (χ0n) is 15.3. The van der Waals surface area contributed by atoms with E-state index in [4.69, 9.17) is 4.74 Å². The monoisotopic (exact) mass is 374 g/mol. The number of hydrogen-bond acceptors (Lipinski definition) is 6. The second kappa shape index (κ2) is 9.10. The van der Waals surface area contributed by atoms with Gasteiger partial charge in [-0.1, -0.05) is 19.1 Å². The highest BCUT2D eigenvalue weighted by Crippen LogP contribution is 2.25. The SMILES string of the molecule is CCOC(=O)Nc1snc(C)c1/C(C)=N/NC(=O)c1ccc(CC)cc1. The Balaban J connectivity index is 2.12. The molecule has 0 saturated carbocycles. The molecule has 0 radical (unpaired) electrons. The summed E-state index contributed by atoms with van der Waals surface area (Å²) in [6.07, 6.45) is 0.366. The van der Waals surface area contributed by atoms with Crippen molar-refractivity contribution >= 4 is 34.2 Å². The van der Waals surface area contributed by atoms with Crippen LogP contribution < -0.4 is 10.7 Å². The molecule has 1 heterocycles. The summed E-state index contributed by atoms with van der Waals surface area (Å²) in [6, 6.07) is 7.37. The normalized spacial score (nSPS) is 11.2. The fourth-order valence-electron chi connectivity index (χ4n) is 2.29. The predicted octanol–water partition coefficient (Wildman–Crippen LogP) is 3.74. The van der Waals surface area contributed by atoms with Crippen molar-refractivity contribution < 1.29 is 14.3 Å². The highest BCUT2D eigenvalue weighted by molar-refractivity contribution is 7.11. The average Bonchev–Trinajstić information content (AvgIpc) is 2.99. The number of nitrogens with one attached hydrogen (secondary N) is 2. The van der Waals surface area contributed by atoms with Crippen molar-refractivity contribution in [1.82, 2.24) is 9.80 Å². The molecule has 0 fully saturated rings. The van der Waals surface area contributed by atoms with Crippen molar-refractivity contribution in [1.29, 1.82) is 0 Å². The molecule has 0 bridgehead atoms. The molecule has 1 aromatic heterocycles. The Kier molecular flexibility index (Phi) is 6.85. The molecular formula is C18H22N4O3S. The van der Waals surface area contributed by atoms with Crippen LogP contribution in [0.2, 0.25) is 0 Å². The summed E-state index contributed by atoms with van der Waals surface area (Å²) in [5.41, 5.74) is 6.16. The van der Waals surface area contributed by atoms with E-state index in [1.807, 2.05) is 19.1 Å². The first-order valence-electron chi connectivity index (χ1n) is 8.30. The summed E-state index contributed by atoms with van der Waals surface area (Å²) in [4.78, 5) is 23.9. The van der Waals surface area contributed by atoms with Gasteiger partial charge >= 0.3 is 6.09 Å². The van der Waals surface area contributed by atoms with Gasteiger partial charge < -0.3 is 4.74 Å². The summed E-state index contributed by atoms with van der Waals surface area (Å²) in [5, 5.41) is 7.33. The second-order valence-electron chi connectivity index (χ2n) is 5.51. The van der Waals surface area contributed by atoms with Crippen molar-refractivity contribution in [3.05, 3.63) is 46.6 Å². The van der Waals surface area contributed by atoms with Crippen LogP contribution in [0, 0.1) is 6.92 Å². The maximum Gasteiger partial charge on any atom is 0.412 e. The Morgan fingerprint density at radius 1 is 1.23 bits per heavy atom. The smallest absolute Gasteiger partial charge is 0.412 e. The average molecular weight is 374 g/mol. The molecule has 8 heteroatoms. The van der Waals surface area contributed by atoms with E-state index in [-0.39, 0.29) is 12.5 Å². The third kappa shape index (κ3) is 4.89. The Morgan fingerprint density at radius 3 is 2.54 bits per heavy atom. The largest absolute Gasteiger partial charge is 0.450 e. The van der Waals surface area contributed by atoms with E-state index in [0.29, 0.717) is 27.5 Å². The molecule has 0 atom stereocenters. The van der Waals surface area contributed by atoms with Crippen molar-refractivity contribution in [2.24, 2.45) is 5.10 Å². The first kappa shape index (κ1) is 19.6. The van der Waals surface area contributed by atoms with E-state index in [2.05, 4.69) is 27.1 Å². The Labute approximate surface area is 156 Å². The highest BCUT2D eigenvalue weighted by atomic mass is 32.1. The molecule has 0 aliphatic heterocycles. The number of carbonyl (C=O) groups is 2. The van der Waals surface area contributed by atoms with E-state index in [9.17, 15) is 9.59 Å². The predicted molar refractivity (Wildman–Crippen MR) is 103 cm³/mol. The molecule has 2 rings (SSSR count). The molecular weight excluding hydrogens is 352 g/mol. The summed E-state index contributed by atoms with van der Waals surface area (Å²) >= 11 is 1.14. The van der Waals surface area contributed by atoms with Gasteiger partial charge in [-0.15, -0.1) is 0 Å². The van der Waals surface area contributed by atoms with Crippen LogP contribution in [0.25, 0.3) is 0 Å². The van der Waals surface area contributed by atoms with Crippen LogP contribution in [0.1, 0.15) is 48.0 Å². The third-order valence-electron chi connectivity index (χ3n) is 3.67. The minimum absolute atomic E-state index is 0.277. The van der Waals surface area contributed by atoms with Gasteiger partial charge in [-0.05, 0) is 56.4 Å². The molecule has 0 saturated heterocycles. The van der Waals surface area contributed by atoms with Gasteiger partial charge in [-0.25, -0.2) is 10.2 Å². The number of rotatable bonds is 6. The summed E-state index contributed by atoms with van der Waals surface area (Å²) in [7, 11) is 0. The summed E-state index contributed by atoms with van der Waals surface area (Å²) < 4.78 is 9.12. The number of hydrogen-bond donors (Lipinski definition) is 2. The quantitative estimate of drug-likeness (QED) is 0.595. The molecule has 2 aromatic rings. The molecule has 26 heavy (non-hydrogen) atoms. The summed E-state index contributed by atoms with van der Waals surface area (Å²) in [6.45, 7) is 7.62. The number of anilines is 1. The van der Waals surface area contributed by atoms with Crippen LogP contribution >= 0.6 is 11.5 Å². The van der Waals surface area contributed by atoms with E-state index in [1.54, 1.807) is 26.0 Å². The molecule has 0 aliphatic carbocycles. The molecule has 138 valence electrons. The highest BCUT2D eigenvalue weighted by Gasteiger charge is 2.17. The first-order valence-corrected chi connectivity index (χ1v) is 9.07. The van der Waals surface area contributed by atoms with Crippen molar-refractivity contribution in [2.75, 3.05) is 11.9 Å². The van der Waals surface area contributed by atoms with Gasteiger partial charge in [0.1, 0.15) is 5.00 Å². The fraction of sp³-hybridized carbons (Fsp3) is 0.333. The van der Waals surface area contributed by atoms with E-state index in [0.717, 1.165) is 23.5 Å². The Bertz CT molecular complexity index is 812. The zero-order chi connectivity index (χ0) is 19.1. The lowest BCUT2D eigenvalue weighted by Crippen LogP contribution is -2.20. The van der Waals surface area contributed by atoms with Crippen molar-refractivity contribution in [2.45, 2.75) is 34.1 Å². The van der Waals surface area contributed by atoms with Crippen LogP contribution in [0.3, 0.4) is 0 Å². The van der Waals surface area contributed by atoms with Gasteiger partial charge in [0.2, 0.25) is 0 Å². The van der Waals surface area contributed by atoms with Crippen molar-refractivity contribution in [3.8, 4) is 0 Å². The van der Waals surface area contributed by atoms with Crippen LogP contribution in [0.15, 0.2) is 29.4 Å². The molecule has 0 spiro atoms. The molecule has 0 aliphatic rings. The van der Waals surface area contributed by atoms with Gasteiger partial charge in [-0.3, -0.25) is 10.1 Å². The Hall–Kier alpha value is -2.74. The van der Waals surface area contributed by atoms with Gasteiger partial charge in [-0.2, -0.15) is 9.47 Å². The number of nitrogens with zero attached hydrogens (tertiary/aromatic N) is 2. The van der Waals surface area contributed by atoms with Gasteiger partial charge in [0.25, 0.3) is 5.91 Å². The number of amides is 2. The number of hydrazone groups is 1. The number of carbonyl (C=O) groups excluding carboxylic acids is 2. The summed E-state index contributed by atoms with van der Waals surface area (Å²) in [5.74, 6) is -0.298. The lowest BCUT2D eigenvalue weighted by atomic mass is 10.1. The number of aromatic nitrogens is 1. The molecule has 2 N–H and O–H groups in total. The van der Waals surface area contributed by atoms with Gasteiger partial charge in [0.05, 0.1) is 23.6 Å². The molecule has 2 amide bonds. The van der Waals surface area contributed by atoms with Gasteiger partial charge in [0.15, 0.2) is 0 Å². The second-order valence-corrected chi connectivity index (χ2v) is 6.28. The van der Waals surface area contributed by atoms with E-state index in [1.165, 1.54) is 0 Å². The van der Waals surface area contributed by atoms with Gasteiger partial charge in [0, 0.05) is 5.56 Å². The van der Waals surface area contributed by atoms with E-state index < -0.39 is 6.09 Å². The molecule has 0 unspecified atom stereocenters. The number of benzene rings is 1. The minimum atomic E-state index is -0.551. The van der Waals surface area contributed by atoms with E-state index >= 15 is 0 Å². The number of aryl methyl sites for hydroxylation is 2. The third-order valence-corrected chi connectivity index (χ3v) is 4.52. The van der Waals surface area contributed by atoms with Crippen LogP contribution in [-0.2, 0) is 11.2 Å². The zero-order valence-corrected chi connectivity index (χ0v) is 16.1.